The zero-order valence-electron chi connectivity index (χ0n) is 13.4. The number of aromatic amines is 1. The lowest BCUT2D eigenvalue weighted by Crippen LogP contribution is -2.35. The molecule has 0 aromatic carbocycles. The lowest BCUT2D eigenvalue weighted by atomic mass is 10.00. The molecule has 0 spiro atoms. The van der Waals surface area contributed by atoms with E-state index < -0.39 is 11.2 Å². The molecule has 1 saturated heterocycles. The van der Waals surface area contributed by atoms with Crippen LogP contribution in [-0.2, 0) is 13.6 Å². The van der Waals surface area contributed by atoms with Crippen molar-refractivity contribution in [3.8, 4) is 6.07 Å². The van der Waals surface area contributed by atoms with Crippen LogP contribution in [0, 0.1) is 17.2 Å². The molecule has 122 valence electrons. The number of nitriles is 1. The van der Waals surface area contributed by atoms with E-state index in [1.807, 2.05) is 0 Å². The van der Waals surface area contributed by atoms with Crippen LogP contribution in [0.2, 0.25) is 0 Å². The SMILES string of the molecule is CC1CCN(c2nc3c(c(=O)[nH]c(=O)n3C)n2CCC#N)CC1. The van der Waals surface area contributed by atoms with E-state index in [2.05, 4.69) is 27.9 Å². The summed E-state index contributed by atoms with van der Waals surface area (Å²) in [6.45, 7) is 4.34. The van der Waals surface area contributed by atoms with Crippen molar-refractivity contribution in [2.24, 2.45) is 13.0 Å². The average molecular weight is 316 g/mol. The molecule has 23 heavy (non-hydrogen) atoms. The topological polar surface area (TPSA) is 99.7 Å². The highest BCUT2D eigenvalue weighted by molar-refractivity contribution is 5.74. The molecule has 3 heterocycles. The number of anilines is 1. The van der Waals surface area contributed by atoms with Crippen LogP contribution in [0.3, 0.4) is 0 Å². The number of hydrogen-bond acceptors (Lipinski definition) is 5. The molecule has 0 unspecified atom stereocenters. The second kappa shape index (κ2) is 5.91. The van der Waals surface area contributed by atoms with Crippen molar-refractivity contribution in [1.29, 1.82) is 5.26 Å². The van der Waals surface area contributed by atoms with Crippen molar-refractivity contribution in [3.05, 3.63) is 20.8 Å². The zero-order valence-corrected chi connectivity index (χ0v) is 13.4. The third-order valence-electron chi connectivity index (χ3n) is 4.50. The maximum absolute atomic E-state index is 12.3. The lowest BCUT2D eigenvalue weighted by molar-refractivity contribution is 0.431. The van der Waals surface area contributed by atoms with E-state index in [4.69, 9.17) is 5.26 Å². The van der Waals surface area contributed by atoms with Gasteiger partial charge >= 0.3 is 5.69 Å². The highest BCUT2D eigenvalue weighted by Gasteiger charge is 2.24. The Kier molecular flexibility index (Phi) is 3.94. The molecule has 1 aliphatic rings. The van der Waals surface area contributed by atoms with Crippen LogP contribution >= 0.6 is 0 Å². The largest absolute Gasteiger partial charge is 0.342 e. The Hall–Kier alpha value is -2.56. The fourth-order valence-corrected chi connectivity index (χ4v) is 3.05. The fraction of sp³-hybridized carbons (Fsp3) is 0.600. The molecule has 1 fully saturated rings. The number of rotatable bonds is 3. The molecule has 0 radical (unpaired) electrons. The smallest absolute Gasteiger partial charge is 0.329 e. The third kappa shape index (κ3) is 2.63. The van der Waals surface area contributed by atoms with Gasteiger partial charge in [-0.1, -0.05) is 6.92 Å². The number of nitrogens with zero attached hydrogens (tertiary/aromatic N) is 5. The first kappa shape index (κ1) is 15.3. The van der Waals surface area contributed by atoms with Crippen molar-refractivity contribution < 1.29 is 0 Å². The monoisotopic (exact) mass is 316 g/mol. The molecule has 2 aromatic rings. The molecule has 1 aliphatic heterocycles. The molecule has 0 amide bonds. The van der Waals surface area contributed by atoms with Gasteiger partial charge in [-0.3, -0.25) is 14.3 Å². The minimum atomic E-state index is -0.480. The minimum Gasteiger partial charge on any atom is -0.342 e. The molecular weight excluding hydrogens is 296 g/mol. The second-order valence-corrected chi connectivity index (χ2v) is 6.13. The first-order chi connectivity index (χ1) is 11.0. The van der Waals surface area contributed by atoms with Gasteiger partial charge < -0.3 is 9.47 Å². The van der Waals surface area contributed by atoms with Gasteiger partial charge in [-0.05, 0) is 18.8 Å². The summed E-state index contributed by atoms with van der Waals surface area (Å²) in [4.78, 5) is 33.1. The number of aryl methyl sites for hydroxylation is 2. The Morgan fingerprint density at radius 3 is 2.70 bits per heavy atom. The summed E-state index contributed by atoms with van der Waals surface area (Å²) in [6.07, 6.45) is 2.42. The van der Waals surface area contributed by atoms with Crippen LogP contribution in [0.15, 0.2) is 9.59 Å². The molecule has 0 saturated carbocycles. The summed E-state index contributed by atoms with van der Waals surface area (Å²) in [5.41, 5.74) is -0.210. The highest BCUT2D eigenvalue weighted by Crippen LogP contribution is 2.25. The molecular formula is C15H20N6O2. The Morgan fingerprint density at radius 2 is 2.04 bits per heavy atom. The van der Waals surface area contributed by atoms with Gasteiger partial charge in [0.2, 0.25) is 5.95 Å². The first-order valence-corrected chi connectivity index (χ1v) is 7.84. The molecule has 2 aromatic heterocycles. The maximum Gasteiger partial charge on any atom is 0.329 e. The summed E-state index contributed by atoms with van der Waals surface area (Å²) < 4.78 is 3.11. The van der Waals surface area contributed by atoms with Gasteiger partial charge in [0.1, 0.15) is 0 Å². The van der Waals surface area contributed by atoms with Gasteiger partial charge in [-0.15, -0.1) is 0 Å². The Bertz CT molecular complexity index is 876. The van der Waals surface area contributed by atoms with E-state index in [0.29, 0.717) is 29.6 Å². The van der Waals surface area contributed by atoms with Gasteiger partial charge in [-0.25, -0.2) is 4.79 Å². The average Bonchev–Trinajstić information content (AvgIpc) is 2.91. The van der Waals surface area contributed by atoms with Gasteiger partial charge in [0.15, 0.2) is 11.2 Å². The Balaban J connectivity index is 2.18. The Labute approximate surface area is 133 Å². The molecule has 3 rings (SSSR count). The predicted octanol–water partition coefficient (Wildman–Crippen LogP) is 0.573. The van der Waals surface area contributed by atoms with E-state index >= 15 is 0 Å². The van der Waals surface area contributed by atoms with Gasteiger partial charge in [-0.2, -0.15) is 10.2 Å². The quantitative estimate of drug-likeness (QED) is 0.892. The molecule has 8 heteroatoms. The van der Waals surface area contributed by atoms with Crippen LogP contribution < -0.4 is 16.1 Å². The van der Waals surface area contributed by atoms with Crippen molar-refractivity contribution >= 4 is 17.1 Å². The summed E-state index contributed by atoms with van der Waals surface area (Å²) in [7, 11) is 1.59. The van der Waals surface area contributed by atoms with E-state index in [1.165, 1.54) is 4.57 Å². The normalized spacial score (nSPS) is 16.0. The molecule has 0 atom stereocenters. The third-order valence-corrected chi connectivity index (χ3v) is 4.50. The minimum absolute atomic E-state index is 0.283. The standard InChI is InChI=1S/C15H20N6O2/c1-10-4-8-20(9-5-10)14-17-12-11(21(14)7-3-6-16)13(22)18-15(23)19(12)2/h10H,3-5,7-9H2,1-2H3,(H,18,22,23). The zero-order chi connectivity index (χ0) is 16.6. The van der Waals surface area contributed by atoms with Crippen molar-refractivity contribution in [3.63, 3.8) is 0 Å². The van der Waals surface area contributed by atoms with Gasteiger partial charge in [0.25, 0.3) is 5.56 Å². The number of imidazole rings is 1. The van der Waals surface area contributed by atoms with Crippen LogP contribution in [0.4, 0.5) is 5.95 Å². The van der Waals surface area contributed by atoms with Crippen molar-refractivity contribution in [2.45, 2.75) is 32.7 Å². The summed E-state index contributed by atoms with van der Waals surface area (Å²) in [5.74, 6) is 1.35. The number of fused-ring (bicyclic) bond motifs is 1. The molecule has 0 aliphatic carbocycles. The predicted molar refractivity (Wildman–Crippen MR) is 86.4 cm³/mol. The van der Waals surface area contributed by atoms with Crippen LogP contribution in [0.1, 0.15) is 26.2 Å². The van der Waals surface area contributed by atoms with Crippen LogP contribution in [-0.4, -0.2) is 32.2 Å². The molecule has 0 bridgehead atoms. The van der Waals surface area contributed by atoms with Gasteiger partial charge in [0, 0.05) is 26.7 Å². The summed E-state index contributed by atoms with van der Waals surface area (Å²) in [6, 6.07) is 2.11. The summed E-state index contributed by atoms with van der Waals surface area (Å²) in [5, 5.41) is 8.90. The van der Waals surface area contributed by atoms with E-state index in [1.54, 1.807) is 11.6 Å². The Morgan fingerprint density at radius 1 is 1.35 bits per heavy atom. The lowest BCUT2D eigenvalue weighted by Gasteiger charge is -2.31. The van der Waals surface area contributed by atoms with Crippen LogP contribution in [0.5, 0.6) is 0 Å². The highest BCUT2D eigenvalue weighted by atomic mass is 16.2. The second-order valence-electron chi connectivity index (χ2n) is 6.13. The molecule has 1 N–H and O–H groups in total. The number of H-pyrrole nitrogens is 1. The molecule has 8 nitrogen and oxygen atoms in total. The number of aromatic nitrogens is 4. The van der Waals surface area contributed by atoms with Crippen molar-refractivity contribution in [2.75, 3.05) is 18.0 Å². The summed E-state index contributed by atoms with van der Waals surface area (Å²) >= 11 is 0. The maximum atomic E-state index is 12.3. The van der Waals surface area contributed by atoms with E-state index in [9.17, 15) is 9.59 Å². The first-order valence-electron chi connectivity index (χ1n) is 7.84. The fourth-order valence-electron chi connectivity index (χ4n) is 3.05. The number of nitrogens with one attached hydrogen (secondary N) is 1. The number of hydrogen-bond donors (Lipinski definition) is 1. The van der Waals surface area contributed by atoms with Crippen LogP contribution in [0.25, 0.3) is 11.2 Å². The van der Waals surface area contributed by atoms with E-state index in [0.717, 1.165) is 25.9 Å². The van der Waals surface area contributed by atoms with Gasteiger partial charge in [0.05, 0.1) is 12.5 Å². The number of piperidine rings is 1. The van der Waals surface area contributed by atoms with E-state index in [-0.39, 0.29) is 6.42 Å². The van der Waals surface area contributed by atoms with Crippen molar-refractivity contribution in [1.82, 2.24) is 19.1 Å².